The van der Waals surface area contributed by atoms with E-state index in [0.29, 0.717) is 0 Å². The molecule has 0 aliphatic rings. The molecular weight excluding hydrogens is 231 g/mol. The van der Waals surface area contributed by atoms with Crippen LogP contribution < -0.4 is 0 Å². The van der Waals surface area contributed by atoms with Crippen LogP contribution in [0.1, 0.15) is 0 Å². The van der Waals surface area contributed by atoms with Crippen LogP contribution in [0, 0.1) is 20.0 Å². The largest absolute Gasteiger partial charge is 0.813 e. The molecule has 0 bridgehead atoms. The van der Waals surface area contributed by atoms with Gasteiger partial charge in [-0.15, -0.1) is 0 Å². The van der Waals surface area contributed by atoms with Crippen molar-refractivity contribution in [2.75, 3.05) is 0 Å². The molecule has 0 amide bonds. The van der Waals surface area contributed by atoms with Gasteiger partial charge in [0.25, 0.3) is 0 Å². The predicted octanol–water partition coefficient (Wildman–Crippen LogP) is -0.388. The van der Waals surface area contributed by atoms with E-state index in [1.54, 1.807) is 0 Å². The Kier molecular flexibility index (Phi) is 8870. The van der Waals surface area contributed by atoms with Crippen molar-refractivity contribution in [3.63, 3.8) is 0 Å². The first-order chi connectivity index (χ1) is 3.00. The molecule has 0 atom stereocenters. The van der Waals surface area contributed by atoms with Crippen LogP contribution >= 0.6 is 0 Å². The number of rotatable bonds is 0. The fourth-order valence-corrected chi connectivity index (χ4v) is 0. The van der Waals surface area contributed by atoms with Crippen LogP contribution in [0.3, 0.4) is 0 Å². The SMILES string of the molecule is [C-]#[O+].[C-]#[O+].[C-]#[O+].[Fe].[Ni].[SH-]. The molecule has 0 aromatic carbocycles. The zero-order valence-electron chi connectivity index (χ0n) is 3.84. The summed E-state index contributed by atoms with van der Waals surface area (Å²) in [6, 6.07) is 0. The average Bonchev–Trinajstić information content (AvgIpc) is 1.81. The van der Waals surface area contributed by atoms with Crippen molar-refractivity contribution in [3.05, 3.63) is 20.0 Å². The van der Waals surface area contributed by atoms with Crippen molar-refractivity contribution >= 4 is 13.5 Å². The Morgan fingerprint density at radius 2 is 0.667 bits per heavy atom. The Bertz CT molecular complexity index is 47.5. The standard InChI is InChI=1S/3CO.Fe.Ni.H2S/c3*1-2;;;/h;;;;;1H2/p-1. The van der Waals surface area contributed by atoms with Crippen LogP contribution in [0.5, 0.6) is 0 Å². The van der Waals surface area contributed by atoms with Gasteiger partial charge >= 0.3 is 33.9 Å². The Hall–Kier alpha value is 0.583. The van der Waals surface area contributed by atoms with Crippen molar-refractivity contribution in [3.8, 4) is 0 Å². The van der Waals surface area contributed by atoms with Gasteiger partial charge < -0.3 is 13.5 Å². The van der Waals surface area contributed by atoms with E-state index in [4.69, 9.17) is 14.0 Å². The monoisotopic (exact) mass is 231 g/mol. The number of hydrogen-bond acceptors (Lipinski definition) is 1. The van der Waals surface area contributed by atoms with Gasteiger partial charge in [0.05, 0.1) is 0 Å². The summed E-state index contributed by atoms with van der Waals surface area (Å²) in [6.45, 7) is 13.5. The molecule has 0 fully saturated rings. The molecular formula is C3HFeNiO3S-. The van der Waals surface area contributed by atoms with Gasteiger partial charge in [0.1, 0.15) is 0 Å². The van der Waals surface area contributed by atoms with E-state index in [-0.39, 0.29) is 47.1 Å². The van der Waals surface area contributed by atoms with Crippen LogP contribution in [0.25, 0.3) is 0 Å². The van der Waals surface area contributed by atoms with Crippen LogP contribution in [0.15, 0.2) is 0 Å². The third-order valence-electron chi connectivity index (χ3n) is 0. The maximum absolute atomic E-state index is 7.50. The Morgan fingerprint density at radius 3 is 0.667 bits per heavy atom. The quantitative estimate of drug-likeness (QED) is 0.184. The van der Waals surface area contributed by atoms with E-state index in [0.717, 1.165) is 0 Å². The van der Waals surface area contributed by atoms with Crippen molar-refractivity contribution in [1.82, 2.24) is 0 Å². The van der Waals surface area contributed by atoms with Crippen molar-refractivity contribution < 1.29 is 47.5 Å². The minimum Gasteiger partial charge on any atom is -0.813 e. The molecule has 0 saturated heterocycles. The van der Waals surface area contributed by atoms with Gasteiger partial charge in [0.2, 0.25) is 0 Å². The van der Waals surface area contributed by atoms with Crippen LogP contribution in [0.4, 0.5) is 0 Å². The molecule has 0 saturated carbocycles. The maximum atomic E-state index is 7.50. The second-order valence-corrected chi connectivity index (χ2v) is 0. The van der Waals surface area contributed by atoms with Gasteiger partial charge in [-0.05, 0) is 0 Å². The van der Waals surface area contributed by atoms with E-state index in [2.05, 4.69) is 20.0 Å². The van der Waals surface area contributed by atoms with Crippen LogP contribution in [0.2, 0.25) is 0 Å². The molecule has 0 aromatic rings. The first-order valence-corrected chi connectivity index (χ1v) is 0.612. The molecule has 6 heteroatoms. The van der Waals surface area contributed by atoms with Gasteiger partial charge in [-0.25, -0.2) is 0 Å². The van der Waals surface area contributed by atoms with E-state index >= 15 is 0 Å². The zero-order valence-corrected chi connectivity index (χ0v) is 6.83. The minimum absolute atomic E-state index is 0. The summed E-state index contributed by atoms with van der Waals surface area (Å²) >= 11 is 0. The maximum Gasteiger partial charge on any atom is 0 e. The van der Waals surface area contributed by atoms with Gasteiger partial charge in [-0.2, -0.15) is 0 Å². The first-order valence-electron chi connectivity index (χ1n) is 0.612. The molecule has 0 heterocycles. The number of thiol groups is 1. The topological polar surface area (TPSA) is 59.7 Å². The smallest absolute Gasteiger partial charge is 0 e. The summed E-state index contributed by atoms with van der Waals surface area (Å²) in [5.74, 6) is 0. The molecule has 0 unspecified atom stereocenters. The molecule has 56 valence electrons. The molecule has 0 radical (unpaired) electrons. The van der Waals surface area contributed by atoms with E-state index in [1.165, 1.54) is 0 Å². The predicted molar refractivity (Wildman–Crippen MR) is 20.5 cm³/mol. The summed E-state index contributed by atoms with van der Waals surface area (Å²) in [5.41, 5.74) is 0. The first kappa shape index (κ1) is 55.0. The fraction of sp³-hybridized carbons (Fsp3) is 0. The molecule has 3 nitrogen and oxygen atoms in total. The van der Waals surface area contributed by atoms with Crippen LogP contribution in [-0.2, 0) is 61.0 Å². The molecule has 0 rings (SSSR count). The van der Waals surface area contributed by atoms with Gasteiger partial charge in [-0.3, -0.25) is 0 Å². The Balaban J connectivity index is -0.00000000321. The van der Waals surface area contributed by atoms with Crippen molar-refractivity contribution in [2.45, 2.75) is 0 Å². The molecule has 0 aliphatic carbocycles. The summed E-state index contributed by atoms with van der Waals surface area (Å²) in [5, 5.41) is 0. The summed E-state index contributed by atoms with van der Waals surface area (Å²) < 4.78 is 22.5. The average molecular weight is 232 g/mol. The van der Waals surface area contributed by atoms with E-state index < -0.39 is 0 Å². The molecule has 0 aromatic heterocycles. The second kappa shape index (κ2) is 1450. The summed E-state index contributed by atoms with van der Waals surface area (Å²) in [4.78, 5) is 0. The normalized spacial score (nSPS) is 0.667. The minimum atomic E-state index is 0. The molecule has 0 N–H and O–H groups in total. The molecule has 0 aliphatic heterocycles. The molecule has 0 spiro atoms. The fourth-order valence-electron chi connectivity index (χ4n) is 0. The van der Waals surface area contributed by atoms with Gasteiger partial charge in [0, 0.05) is 33.6 Å². The van der Waals surface area contributed by atoms with Gasteiger partial charge in [0.15, 0.2) is 0 Å². The zero-order chi connectivity index (χ0) is 6.00. The summed E-state index contributed by atoms with van der Waals surface area (Å²) in [7, 11) is 0. The Labute approximate surface area is 81.0 Å². The third-order valence-corrected chi connectivity index (χ3v) is 0. The van der Waals surface area contributed by atoms with Gasteiger partial charge in [-0.1, -0.05) is 0 Å². The summed E-state index contributed by atoms with van der Waals surface area (Å²) in [6.07, 6.45) is 0. The van der Waals surface area contributed by atoms with E-state index in [9.17, 15) is 0 Å². The van der Waals surface area contributed by atoms with E-state index in [1.807, 2.05) is 0 Å². The third kappa shape index (κ3) is 1090. The van der Waals surface area contributed by atoms with Crippen LogP contribution in [-0.4, -0.2) is 0 Å². The molecule has 9 heavy (non-hydrogen) atoms. The number of hydrogen-bond donors (Lipinski definition) is 0. The second-order valence-electron chi connectivity index (χ2n) is 0. The Morgan fingerprint density at radius 1 is 0.667 bits per heavy atom. The van der Waals surface area contributed by atoms with Crippen molar-refractivity contribution in [1.29, 1.82) is 0 Å². The van der Waals surface area contributed by atoms with Crippen molar-refractivity contribution in [2.24, 2.45) is 0 Å².